The monoisotopic (exact) mass is 288 g/mol. The number of fused-ring (bicyclic) bond motifs is 2. The molecule has 19 heavy (non-hydrogen) atoms. The summed E-state index contributed by atoms with van der Waals surface area (Å²) >= 11 is 0. The molecule has 0 aromatic heterocycles. The van der Waals surface area contributed by atoms with E-state index in [4.69, 9.17) is 10.5 Å². The van der Waals surface area contributed by atoms with E-state index < -0.39 is 0 Å². The van der Waals surface area contributed by atoms with E-state index >= 15 is 0 Å². The van der Waals surface area contributed by atoms with Gasteiger partial charge in [-0.05, 0) is 50.4 Å². The van der Waals surface area contributed by atoms with Gasteiger partial charge in [0, 0.05) is 18.7 Å². The fourth-order valence-corrected chi connectivity index (χ4v) is 4.07. The van der Waals surface area contributed by atoms with Crippen molar-refractivity contribution in [1.29, 1.82) is 0 Å². The molecule has 0 radical (unpaired) electrons. The van der Waals surface area contributed by atoms with Crippen molar-refractivity contribution in [2.45, 2.75) is 63.1 Å². The van der Waals surface area contributed by atoms with Crippen molar-refractivity contribution in [3.05, 3.63) is 0 Å². The first-order valence-corrected chi connectivity index (χ1v) is 7.41. The Morgan fingerprint density at radius 3 is 2.37 bits per heavy atom. The van der Waals surface area contributed by atoms with Crippen LogP contribution in [-0.2, 0) is 9.53 Å². The van der Waals surface area contributed by atoms with Crippen LogP contribution in [0.1, 0.15) is 44.9 Å². The summed E-state index contributed by atoms with van der Waals surface area (Å²) < 4.78 is 5.46. The number of rotatable bonds is 2. The van der Waals surface area contributed by atoms with Gasteiger partial charge in [0.2, 0.25) is 5.91 Å². The van der Waals surface area contributed by atoms with E-state index in [1.54, 1.807) is 0 Å². The Balaban J connectivity index is 0.00000133. The van der Waals surface area contributed by atoms with Crippen molar-refractivity contribution in [2.75, 3.05) is 6.61 Å². The molecule has 3 atom stereocenters. The highest BCUT2D eigenvalue weighted by molar-refractivity contribution is 5.85. The predicted molar refractivity (Wildman–Crippen MR) is 76.2 cm³/mol. The zero-order chi connectivity index (χ0) is 12.5. The topological polar surface area (TPSA) is 64.3 Å². The van der Waals surface area contributed by atoms with Crippen molar-refractivity contribution in [1.82, 2.24) is 5.32 Å². The van der Waals surface area contributed by atoms with Crippen LogP contribution in [0.15, 0.2) is 0 Å². The molecule has 2 bridgehead atoms. The minimum absolute atomic E-state index is 0. The predicted octanol–water partition coefficient (Wildman–Crippen LogP) is 1.61. The second kappa shape index (κ2) is 6.42. The van der Waals surface area contributed by atoms with Gasteiger partial charge in [0.25, 0.3) is 0 Å². The number of carbonyl (C=O) groups is 1. The standard InChI is InChI=1S/C14H24N2O2.ClH/c15-11-7-9-3-1-4-10(8-11)13(9)16-14(17)12-5-2-6-18-12;/h9-13H,1-8,15H2,(H,16,17);1H. The summed E-state index contributed by atoms with van der Waals surface area (Å²) in [5.74, 6) is 1.31. The highest BCUT2D eigenvalue weighted by Gasteiger charge is 2.40. The van der Waals surface area contributed by atoms with Crippen LogP contribution >= 0.6 is 12.4 Å². The lowest BCUT2D eigenvalue weighted by Crippen LogP contribution is -2.55. The van der Waals surface area contributed by atoms with Gasteiger partial charge >= 0.3 is 0 Å². The Bertz CT molecular complexity index is 307. The molecule has 0 aromatic carbocycles. The van der Waals surface area contributed by atoms with Gasteiger partial charge in [-0.2, -0.15) is 0 Å². The zero-order valence-corrected chi connectivity index (χ0v) is 12.2. The van der Waals surface area contributed by atoms with Crippen molar-refractivity contribution < 1.29 is 9.53 Å². The lowest BCUT2D eigenvalue weighted by Gasteiger charge is -2.45. The molecule has 4 nitrogen and oxygen atoms in total. The highest BCUT2D eigenvalue weighted by Crippen LogP contribution is 2.39. The molecule has 2 aliphatic carbocycles. The number of hydrogen-bond acceptors (Lipinski definition) is 3. The molecule has 3 aliphatic rings. The maximum absolute atomic E-state index is 12.2. The van der Waals surface area contributed by atoms with E-state index in [0.29, 0.717) is 23.9 Å². The molecule has 1 amide bonds. The van der Waals surface area contributed by atoms with E-state index in [0.717, 1.165) is 32.3 Å². The summed E-state index contributed by atoms with van der Waals surface area (Å²) in [4.78, 5) is 12.2. The quantitative estimate of drug-likeness (QED) is 0.811. The van der Waals surface area contributed by atoms with Crippen molar-refractivity contribution in [3.63, 3.8) is 0 Å². The van der Waals surface area contributed by atoms with E-state index in [1.807, 2.05) is 0 Å². The van der Waals surface area contributed by atoms with Gasteiger partial charge in [-0.25, -0.2) is 0 Å². The van der Waals surface area contributed by atoms with Gasteiger partial charge < -0.3 is 15.8 Å². The first kappa shape index (κ1) is 15.1. The van der Waals surface area contributed by atoms with Gasteiger partial charge in [-0.15, -0.1) is 12.4 Å². The summed E-state index contributed by atoms with van der Waals surface area (Å²) in [6, 6.07) is 0.700. The largest absolute Gasteiger partial charge is 0.368 e. The van der Waals surface area contributed by atoms with Gasteiger partial charge in [-0.1, -0.05) is 6.42 Å². The SMILES string of the molecule is Cl.NC1CC2CCCC(C1)C2NC(=O)C1CCCO1. The van der Waals surface area contributed by atoms with Gasteiger partial charge in [0.15, 0.2) is 0 Å². The van der Waals surface area contributed by atoms with Crippen LogP contribution in [0.25, 0.3) is 0 Å². The maximum Gasteiger partial charge on any atom is 0.249 e. The average molecular weight is 289 g/mol. The third-order valence-corrected chi connectivity index (χ3v) is 4.91. The molecule has 1 saturated heterocycles. The number of ether oxygens (including phenoxy) is 1. The molecule has 2 saturated carbocycles. The van der Waals surface area contributed by atoms with Gasteiger partial charge in [0.1, 0.15) is 6.10 Å². The molecule has 0 spiro atoms. The van der Waals surface area contributed by atoms with Crippen LogP contribution in [0.4, 0.5) is 0 Å². The molecule has 1 aliphatic heterocycles. The molecular formula is C14H25ClN2O2. The molecule has 1 heterocycles. The number of nitrogens with two attached hydrogens (primary N) is 1. The molecule has 3 N–H and O–H groups in total. The van der Waals surface area contributed by atoms with Gasteiger partial charge in [0.05, 0.1) is 0 Å². The highest BCUT2D eigenvalue weighted by atomic mass is 35.5. The lowest BCUT2D eigenvalue weighted by atomic mass is 9.67. The number of halogens is 1. The Labute approximate surface area is 121 Å². The fourth-order valence-electron chi connectivity index (χ4n) is 4.07. The van der Waals surface area contributed by atoms with Crippen molar-refractivity contribution in [2.24, 2.45) is 17.6 Å². The Morgan fingerprint density at radius 1 is 1.11 bits per heavy atom. The minimum Gasteiger partial charge on any atom is -0.368 e. The summed E-state index contributed by atoms with van der Waals surface area (Å²) in [7, 11) is 0. The number of hydrogen-bond donors (Lipinski definition) is 2. The molecule has 3 fully saturated rings. The number of amides is 1. The van der Waals surface area contributed by atoms with Crippen LogP contribution in [0.5, 0.6) is 0 Å². The molecule has 5 heteroatoms. The van der Waals surface area contributed by atoms with Crippen LogP contribution in [0.2, 0.25) is 0 Å². The van der Waals surface area contributed by atoms with Crippen LogP contribution in [-0.4, -0.2) is 30.7 Å². The molecule has 110 valence electrons. The molecule has 0 aromatic rings. The van der Waals surface area contributed by atoms with Crippen LogP contribution in [0.3, 0.4) is 0 Å². The Morgan fingerprint density at radius 2 is 1.79 bits per heavy atom. The van der Waals surface area contributed by atoms with Crippen LogP contribution in [0, 0.1) is 11.8 Å². The zero-order valence-electron chi connectivity index (χ0n) is 11.3. The lowest BCUT2D eigenvalue weighted by molar-refractivity contribution is -0.132. The number of carbonyl (C=O) groups excluding carboxylic acids is 1. The average Bonchev–Trinajstić information content (AvgIpc) is 2.83. The molecular weight excluding hydrogens is 264 g/mol. The van der Waals surface area contributed by atoms with Crippen molar-refractivity contribution >= 4 is 18.3 Å². The first-order chi connectivity index (χ1) is 8.74. The Hall–Kier alpha value is -0.320. The summed E-state index contributed by atoms with van der Waals surface area (Å²) in [5.41, 5.74) is 6.10. The second-order valence-electron chi connectivity index (χ2n) is 6.22. The fraction of sp³-hybridized carbons (Fsp3) is 0.929. The summed E-state index contributed by atoms with van der Waals surface area (Å²) in [6.07, 6.45) is 7.60. The smallest absolute Gasteiger partial charge is 0.249 e. The Kier molecular flexibility index (Phi) is 5.09. The third-order valence-electron chi connectivity index (χ3n) is 4.91. The molecule has 3 unspecified atom stereocenters. The number of nitrogens with one attached hydrogen (secondary N) is 1. The van der Waals surface area contributed by atoms with Crippen LogP contribution < -0.4 is 11.1 Å². The maximum atomic E-state index is 12.2. The van der Waals surface area contributed by atoms with Crippen molar-refractivity contribution in [3.8, 4) is 0 Å². The summed E-state index contributed by atoms with van der Waals surface area (Å²) in [6.45, 7) is 0.737. The van der Waals surface area contributed by atoms with Gasteiger partial charge in [-0.3, -0.25) is 4.79 Å². The second-order valence-corrected chi connectivity index (χ2v) is 6.22. The van der Waals surface area contributed by atoms with E-state index in [2.05, 4.69) is 5.32 Å². The van der Waals surface area contributed by atoms with E-state index in [9.17, 15) is 4.79 Å². The normalized spacial score (nSPS) is 41.4. The first-order valence-electron chi connectivity index (χ1n) is 7.41. The minimum atomic E-state index is -0.193. The third kappa shape index (κ3) is 3.23. The summed E-state index contributed by atoms with van der Waals surface area (Å²) in [5, 5.41) is 3.26. The molecule has 3 rings (SSSR count). The van der Waals surface area contributed by atoms with E-state index in [-0.39, 0.29) is 24.4 Å². The van der Waals surface area contributed by atoms with E-state index in [1.165, 1.54) is 19.3 Å².